The average molecular weight is 384 g/mol. The first kappa shape index (κ1) is 18.6. The molecule has 0 radical (unpaired) electrons. The molecule has 0 atom stereocenters. The highest BCUT2D eigenvalue weighted by atomic mass is 35.5. The van der Waals surface area contributed by atoms with Crippen molar-refractivity contribution in [2.24, 2.45) is 0 Å². The fourth-order valence-corrected chi connectivity index (χ4v) is 2.82. The molecule has 0 aliphatic carbocycles. The van der Waals surface area contributed by atoms with E-state index in [1.165, 1.54) is 11.9 Å². The van der Waals surface area contributed by atoms with Crippen LogP contribution in [0.3, 0.4) is 0 Å². The number of halogens is 1. The maximum atomic E-state index is 11.7. The van der Waals surface area contributed by atoms with Gasteiger partial charge in [-0.05, 0) is 54.8 Å². The first-order valence-corrected chi connectivity index (χ1v) is 8.74. The lowest BCUT2D eigenvalue weighted by Crippen LogP contribution is -2.06. The van der Waals surface area contributed by atoms with Crippen molar-refractivity contribution in [3.05, 3.63) is 75.1 Å². The van der Waals surface area contributed by atoms with Gasteiger partial charge in [-0.15, -0.1) is 0 Å². The normalized spacial score (nSPS) is 10.5. The van der Waals surface area contributed by atoms with Crippen molar-refractivity contribution in [1.82, 2.24) is 9.97 Å². The molecule has 0 bridgehead atoms. The van der Waals surface area contributed by atoms with Gasteiger partial charge in [0.1, 0.15) is 6.33 Å². The van der Waals surface area contributed by atoms with Gasteiger partial charge >= 0.3 is 5.69 Å². The Bertz CT molecular complexity index is 976. The highest BCUT2D eigenvalue weighted by molar-refractivity contribution is 6.30. The summed E-state index contributed by atoms with van der Waals surface area (Å²) in [5.74, 6) is 0.224. The minimum atomic E-state index is -0.504. The van der Waals surface area contributed by atoms with Gasteiger partial charge in [-0.3, -0.25) is 10.1 Å². The number of nitro groups is 1. The number of nitrogens with one attached hydrogen (secondary N) is 2. The molecule has 0 spiro atoms. The van der Waals surface area contributed by atoms with Crippen molar-refractivity contribution >= 4 is 40.3 Å². The Balaban J connectivity index is 1.95. The molecule has 1 heterocycles. The highest BCUT2D eigenvalue weighted by Crippen LogP contribution is 2.34. The standard InChI is InChI=1S/C19H18ClN5O2/c1-3-13-4-7-15(8-5-13)23-18-17(25(26)27)19(22-11-21-18)24-16-9-6-14(20)10-12(16)2/h4-11H,3H2,1-2H3,(H2,21,22,23,24). The molecule has 0 unspecified atom stereocenters. The molecule has 0 saturated heterocycles. The quantitative estimate of drug-likeness (QED) is 0.437. The zero-order valence-electron chi connectivity index (χ0n) is 14.9. The van der Waals surface area contributed by atoms with Gasteiger partial charge in [0.2, 0.25) is 11.6 Å². The second-order valence-corrected chi connectivity index (χ2v) is 6.37. The van der Waals surface area contributed by atoms with Crippen molar-refractivity contribution in [3.8, 4) is 0 Å². The number of anilines is 4. The largest absolute Gasteiger partial charge is 0.353 e. The predicted octanol–water partition coefficient (Wildman–Crippen LogP) is 5.40. The number of nitrogens with zero attached hydrogens (tertiary/aromatic N) is 3. The van der Waals surface area contributed by atoms with E-state index in [0.717, 1.165) is 12.0 Å². The Morgan fingerprint density at radius 2 is 1.74 bits per heavy atom. The molecule has 0 fully saturated rings. The van der Waals surface area contributed by atoms with Crippen LogP contribution in [0.2, 0.25) is 5.02 Å². The van der Waals surface area contributed by atoms with Crippen LogP contribution in [0.25, 0.3) is 0 Å². The van der Waals surface area contributed by atoms with E-state index in [-0.39, 0.29) is 17.3 Å². The third kappa shape index (κ3) is 4.32. The summed E-state index contributed by atoms with van der Waals surface area (Å²) < 4.78 is 0. The molecular formula is C19H18ClN5O2. The van der Waals surface area contributed by atoms with Gasteiger partial charge in [0.25, 0.3) is 0 Å². The van der Waals surface area contributed by atoms with Crippen molar-refractivity contribution in [2.75, 3.05) is 10.6 Å². The molecule has 138 valence electrons. The van der Waals surface area contributed by atoms with E-state index in [4.69, 9.17) is 11.6 Å². The Hall–Kier alpha value is -3.19. The first-order valence-electron chi connectivity index (χ1n) is 8.36. The van der Waals surface area contributed by atoms with Gasteiger partial charge < -0.3 is 10.6 Å². The molecule has 0 saturated carbocycles. The lowest BCUT2D eigenvalue weighted by atomic mass is 10.1. The van der Waals surface area contributed by atoms with E-state index in [1.54, 1.807) is 18.2 Å². The molecule has 3 aromatic rings. The molecule has 1 aromatic heterocycles. The van der Waals surface area contributed by atoms with Crippen LogP contribution in [0, 0.1) is 17.0 Å². The van der Waals surface area contributed by atoms with Crippen LogP contribution >= 0.6 is 11.6 Å². The highest BCUT2D eigenvalue weighted by Gasteiger charge is 2.23. The van der Waals surface area contributed by atoms with E-state index < -0.39 is 4.92 Å². The van der Waals surface area contributed by atoms with E-state index in [2.05, 4.69) is 27.5 Å². The van der Waals surface area contributed by atoms with Gasteiger partial charge in [0, 0.05) is 16.4 Å². The van der Waals surface area contributed by atoms with Gasteiger partial charge in [-0.2, -0.15) is 0 Å². The molecule has 8 heteroatoms. The summed E-state index contributed by atoms with van der Waals surface area (Å²) in [6.45, 7) is 3.92. The van der Waals surface area contributed by atoms with Crippen LogP contribution in [0.5, 0.6) is 0 Å². The summed E-state index contributed by atoms with van der Waals surface area (Å²) in [7, 11) is 0. The van der Waals surface area contributed by atoms with Crippen molar-refractivity contribution in [3.63, 3.8) is 0 Å². The van der Waals surface area contributed by atoms with E-state index in [0.29, 0.717) is 16.4 Å². The number of rotatable bonds is 6. The van der Waals surface area contributed by atoms with Crippen LogP contribution in [0.15, 0.2) is 48.8 Å². The van der Waals surface area contributed by atoms with E-state index >= 15 is 0 Å². The Kier molecular flexibility index (Phi) is 5.52. The topological polar surface area (TPSA) is 93.0 Å². The molecule has 2 aromatic carbocycles. The number of hydrogen-bond donors (Lipinski definition) is 2. The predicted molar refractivity (Wildman–Crippen MR) is 107 cm³/mol. The number of hydrogen-bond acceptors (Lipinski definition) is 6. The van der Waals surface area contributed by atoms with Gasteiger partial charge in [0.15, 0.2) is 0 Å². The zero-order valence-corrected chi connectivity index (χ0v) is 15.6. The molecule has 2 N–H and O–H groups in total. The number of aryl methyl sites for hydroxylation is 2. The maximum absolute atomic E-state index is 11.7. The van der Waals surface area contributed by atoms with Crippen LogP contribution in [-0.4, -0.2) is 14.9 Å². The fraction of sp³-hybridized carbons (Fsp3) is 0.158. The van der Waals surface area contributed by atoms with Crippen LogP contribution in [0.4, 0.5) is 28.7 Å². The Labute approximate surface area is 161 Å². The Morgan fingerprint density at radius 3 is 2.33 bits per heavy atom. The van der Waals surface area contributed by atoms with Crippen molar-refractivity contribution in [2.45, 2.75) is 20.3 Å². The van der Waals surface area contributed by atoms with Gasteiger partial charge in [-0.1, -0.05) is 30.7 Å². The lowest BCUT2D eigenvalue weighted by molar-refractivity contribution is -0.383. The van der Waals surface area contributed by atoms with Gasteiger partial charge in [-0.25, -0.2) is 9.97 Å². The van der Waals surface area contributed by atoms with Crippen molar-refractivity contribution in [1.29, 1.82) is 0 Å². The lowest BCUT2D eigenvalue weighted by Gasteiger charge is -2.12. The molecular weight excluding hydrogens is 366 g/mol. The summed E-state index contributed by atoms with van der Waals surface area (Å²) in [5, 5.41) is 18.3. The summed E-state index contributed by atoms with van der Waals surface area (Å²) in [5.41, 5.74) is 3.19. The SMILES string of the molecule is CCc1ccc(Nc2ncnc(Nc3ccc(Cl)cc3C)c2[N+](=O)[O-])cc1. The molecule has 3 rings (SSSR count). The smallest absolute Gasteiger partial charge is 0.334 e. The maximum Gasteiger partial charge on any atom is 0.353 e. The van der Waals surface area contributed by atoms with Crippen LogP contribution in [0.1, 0.15) is 18.1 Å². The minimum absolute atomic E-state index is 0.105. The van der Waals surface area contributed by atoms with Crippen LogP contribution < -0.4 is 10.6 Å². The second-order valence-electron chi connectivity index (χ2n) is 5.94. The number of benzene rings is 2. The molecule has 0 amide bonds. The van der Waals surface area contributed by atoms with Crippen LogP contribution in [-0.2, 0) is 6.42 Å². The first-order chi connectivity index (χ1) is 13.0. The van der Waals surface area contributed by atoms with E-state index in [9.17, 15) is 10.1 Å². The molecule has 0 aliphatic rings. The summed E-state index contributed by atoms with van der Waals surface area (Å²) in [4.78, 5) is 19.3. The third-order valence-electron chi connectivity index (χ3n) is 4.07. The average Bonchev–Trinajstić information content (AvgIpc) is 2.64. The van der Waals surface area contributed by atoms with Gasteiger partial charge in [0.05, 0.1) is 4.92 Å². The molecule has 0 aliphatic heterocycles. The second kappa shape index (κ2) is 8.01. The monoisotopic (exact) mass is 383 g/mol. The molecule has 27 heavy (non-hydrogen) atoms. The fourth-order valence-electron chi connectivity index (χ4n) is 2.59. The minimum Gasteiger partial charge on any atom is -0.334 e. The zero-order chi connectivity index (χ0) is 19.4. The number of aromatic nitrogens is 2. The molecule has 7 nitrogen and oxygen atoms in total. The van der Waals surface area contributed by atoms with Crippen molar-refractivity contribution < 1.29 is 4.92 Å². The summed E-state index contributed by atoms with van der Waals surface area (Å²) >= 11 is 5.97. The van der Waals surface area contributed by atoms with E-state index in [1.807, 2.05) is 31.2 Å². The summed E-state index contributed by atoms with van der Waals surface area (Å²) in [6, 6.07) is 12.9. The Morgan fingerprint density at radius 1 is 1.07 bits per heavy atom. The summed E-state index contributed by atoms with van der Waals surface area (Å²) in [6.07, 6.45) is 2.20. The third-order valence-corrected chi connectivity index (χ3v) is 4.31.